The maximum Gasteiger partial charge on any atom is 0.274 e. The van der Waals surface area contributed by atoms with Crippen molar-refractivity contribution in [1.82, 2.24) is 0 Å². The Morgan fingerprint density at radius 3 is 2.61 bits per heavy atom. The molecule has 0 aliphatic heterocycles. The number of halogens is 2. The van der Waals surface area contributed by atoms with Gasteiger partial charge < -0.3 is 5.32 Å². The highest BCUT2D eigenvalue weighted by atomic mass is 35.5. The maximum absolute atomic E-state index is 11.9. The van der Waals surface area contributed by atoms with Crippen molar-refractivity contribution < 1.29 is 9.72 Å². The molecule has 0 fully saturated rings. The Balaban J connectivity index is 2.12. The molecular weight excluding hydrogens is 339 g/mol. The maximum atomic E-state index is 11.9. The minimum Gasteiger partial charge on any atom is -0.322 e. The predicted molar refractivity (Wildman–Crippen MR) is 92.0 cm³/mol. The molecule has 2 aromatic carbocycles. The highest BCUT2D eigenvalue weighted by Gasteiger charge is 2.11. The smallest absolute Gasteiger partial charge is 0.274 e. The van der Waals surface area contributed by atoms with Crippen LogP contribution in [0.2, 0.25) is 10.0 Å². The highest BCUT2D eigenvalue weighted by Crippen LogP contribution is 2.23. The molecule has 2 aromatic rings. The van der Waals surface area contributed by atoms with Gasteiger partial charge in [0.15, 0.2) is 0 Å². The number of nitro groups is 1. The number of hydrogen-bond donors (Lipinski definition) is 1. The van der Waals surface area contributed by atoms with Gasteiger partial charge in [0.1, 0.15) is 0 Å². The van der Waals surface area contributed by atoms with Crippen LogP contribution in [0.1, 0.15) is 11.1 Å². The van der Waals surface area contributed by atoms with E-state index in [-0.39, 0.29) is 5.69 Å². The topological polar surface area (TPSA) is 72.2 Å². The number of anilines is 1. The molecule has 7 heteroatoms. The predicted octanol–water partition coefficient (Wildman–Crippen LogP) is 4.86. The molecule has 2 rings (SSSR count). The minimum atomic E-state index is -0.492. The zero-order valence-electron chi connectivity index (χ0n) is 12.0. The van der Waals surface area contributed by atoms with Gasteiger partial charge in [-0.2, -0.15) is 0 Å². The van der Waals surface area contributed by atoms with Crippen LogP contribution in [0.4, 0.5) is 11.4 Å². The van der Waals surface area contributed by atoms with Crippen molar-refractivity contribution in [3.63, 3.8) is 0 Å². The van der Waals surface area contributed by atoms with Crippen molar-refractivity contribution in [3.05, 3.63) is 73.8 Å². The number of nitro benzene ring substituents is 1. The molecule has 0 bridgehead atoms. The number of benzene rings is 2. The van der Waals surface area contributed by atoms with Gasteiger partial charge in [0.25, 0.3) is 5.69 Å². The molecule has 1 N–H and O–H groups in total. The molecule has 1 amide bonds. The van der Waals surface area contributed by atoms with Gasteiger partial charge in [0.05, 0.1) is 4.92 Å². The molecule has 0 heterocycles. The average molecular weight is 351 g/mol. The molecule has 0 saturated heterocycles. The fourth-order valence-corrected chi connectivity index (χ4v) is 2.34. The Bertz CT molecular complexity index is 804. The first kappa shape index (κ1) is 17.0. The molecule has 118 valence electrons. The monoisotopic (exact) mass is 350 g/mol. The number of rotatable bonds is 4. The van der Waals surface area contributed by atoms with Gasteiger partial charge in [-0.15, -0.1) is 0 Å². The number of carbonyl (C=O) groups excluding carboxylic acids is 1. The van der Waals surface area contributed by atoms with Crippen LogP contribution in [-0.4, -0.2) is 10.8 Å². The summed E-state index contributed by atoms with van der Waals surface area (Å²) in [6, 6.07) is 9.41. The van der Waals surface area contributed by atoms with E-state index < -0.39 is 10.8 Å². The fourth-order valence-electron chi connectivity index (χ4n) is 1.87. The second kappa shape index (κ2) is 7.26. The van der Waals surface area contributed by atoms with Crippen LogP contribution in [0.15, 0.2) is 42.5 Å². The fraction of sp³-hybridized carbons (Fsp3) is 0.0625. The van der Waals surface area contributed by atoms with Crippen molar-refractivity contribution in [2.45, 2.75) is 6.92 Å². The summed E-state index contributed by atoms with van der Waals surface area (Å²) in [6.07, 6.45) is 2.83. The minimum absolute atomic E-state index is 0.0486. The first-order chi connectivity index (χ1) is 10.9. The summed E-state index contributed by atoms with van der Waals surface area (Å²) in [4.78, 5) is 22.3. The van der Waals surface area contributed by atoms with Crippen LogP contribution in [0.25, 0.3) is 6.08 Å². The zero-order chi connectivity index (χ0) is 17.0. The molecule has 0 spiro atoms. The van der Waals surface area contributed by atoms with E-state index in [4.69, 9.17) is 23.2 Å². The largest absolute Gasteiger partial charge is 0.322 e. The third-order valence-electron chi connectivity index (χ3n) is 3.05. The van der Waals surface area contributed by atoms with Crippen molar-refractivity contribution in [3.8, 4) is 0 Å². The van der Waals surface area contributed by atoms with E-state index in [0.717, 1.165) is 0 Å². The normalized spacial score (nSPS) is 10.7. The third-order valence-corrected chi connectivity index (χ3v) is 3.61. The van der Waals surface area contributed by atoms with E-state index in [9.17, 15) is 14.9 Å². The number of nitrogens with one attached hydrogen (secondary N) is 1. The van der Waals surface area contributed by atoms with Crippen LogP contribution < -0.4 is 5.32 Å². The first-order valence-corrected chi connectivity index (χ1v) is 7.31. The lowest BCUT2D eigenvalue weighted by atomic mass is 10.2. The molecule has 0 aliphatic rings. The van der Waals surface area contributed by atoms with Crippen molar-refractivity contribution in [2.75, 3.05) is 5.32 Å². The summed E-state index contributed by atoms with van der Waals surface area (Å²) in [5.41, 5.74) is 1.46. The number of nitrogens with zero attached hydrogens (tertiary/aromatic N) is 1. The van der Waals surface area contributed by atoms with Gasteiger partial charge in [-0.25, -0.2) is 0 Å². The summed E-state index contributed by atoms with van der Waals surface area (Å²) in [7, 11) is 0. The lowest BCUT2D eigenvalue weighted by Gasteiger charge is -2.04. The lowest BCUT2D eigenvalue weighted by Crippen LogP contribution is -2.08. The zero-order valence-corrected chi connectivity index (χ0v) is 13.6. The van der Waals surface area contributed by atoms with E-state index in [2.05, 4.69) is 5.32 Å². The van der Waals surface area contributed by atoms with Gasteiger partial charge in [-0.05, 0) is 36.8 Å². The van der Waals surface area contributed by atoms with Crippen LogP contribution in [0, 0.1) is 17.0 Å². The average Bonchev–Trinajstić information content (AvgIpc) is 2.48. The molecule has 23 heavy (non-hydrogen) atoms. The van der Waals surface area contributed by atoms with E-state index in [1.807, 2.05) is 0 Å². The van der Waals surface area contributed by atoms with Crippen molar-refractivity contribution >= 4 is 46.6 Å². The Morgan fingerprint density at radius 1 is 1.22 bits per heavy atom. The molecule has 0 aliphatic carbocycles. The van der Waals surface area contributed by atoms with Crippen LogP contribution in [0.5, 0.6) is 0 Å². The van der Waals surface area contributed by atoms with Crippen molar-refractivity contribution in [1.29, 1.82) is 0 Å². The summed E-state index contributed by atoms with van der Waals surface area (Å²) in [5.74, 6) is -0.422. The standard InChI is InChI=1S/C16H12Cl2N2O3/c1-10-2-6-13(9-15(10)20(22)23)19-16(21)7-4-11-3-5-12(17)8-14(11)18/h2-9H,1H3,(H,19,21). The third kappa shape index (κ3) is 4.55. The van der Waals surface area contributed by atoms with Crippen molar-refractivity contribution in [2.24, 2.45) is 0 Å². The van der Waals surface area contributed by atoms with E-state index in [0.29, 0.717) is 26.9 Å². The molecule has 0 saturated carbocycles. The number of hydrogen-bond acceptors (Lipinski definition) is 3. The van der Waals surface area contributed by atoms with Crippen LogP contribution >= 0.6 is 23.2 Å². The van der Waals surface area contributed by atoms with Crippen LogP contribution in [-0.2, 0) is 4.79 Å². The molecule has 0 atom stereocenters. The molecular formula is C16H12Cl2N2O3. The van der Waals surface area contributed by atoms with E-state index >= 15 is 0 Å². The summed E-state index contributed by atoms with van der Waals surface area (Å²) >= 11 is 11.8. The summed E-state index contributed by atoms with van der Waals surface area (Å²) in [5, 5.41) is 14.4. The van der Waals surface area contributed by atoms with Gasteiger partial charge in [0, 0.05) is 33.4 Å². The lowest BCUT2D eigenvalue weighted by molar-refractivity contribution is -0.385. The first-order valence-electron chi connectivity index (χ1n) is 6.56. The van der Waals surface area contributed by atoms with E-state index in [1.54, 1.807) is 37.3 Å². The molecule has 5 nitrogen and oxygen atoms in total. The van der Waals surface area contributed by atoms with Gasteiger partial charge in [0.2, 0.25) is 5.91 Å². The second-order valence-corrected chi connectivity index (χ2v) is 5.59. The SMILES string of the molecule is Cc1ccc(NC(=O)C=Cc2ccc(Cl)cc2Cl)cc1[N+](=O)[O-]. The van der Waals surface area contributed by atoms with Crippen LogP contribution in [0.3, 0.4) is 0 Å². The second-order valence-electron chi connectivity index (χ2n) is 4.75. The summed E-state index contributed by atoms with van der Waals surface area (Å²) in [6.45, 7) is 1.63. The number of carbonyl (C=O) groups is 1. The summed E-state index contributed by atoms with van der Waals surface area (Å²) < 4.78 is 0. The van der Waals surface area contributed by atoms with Gasteiger partial charge in [-0.1, -0.05) is 35.3 Å². The highest BCUT2D eigenvalue weighted by molar-refractivity contribution is 6.35. The van der Waals surface area contributed by atoms with E-state index in [1.165, 1.54) is 18.2 Å². The number of amides is 1. The van der Waals surface area contributed by atoms with Gasteiger partial charge in [-0.3, -0.25) is 14.9 Å². The number of aryl methyl sites for hydroxylation is 1. The molecule has 0 radical (unpaired) electrons. The van der Waals surface area contributed by atoms with Gasteiger partial charge >= 0.3 is 0 Å². The Kier molecular flexibility index (Phi) is 5.36. The molecule has 0 unspecified atom stereocenters. The molecule has 0 aromatic heterocycles. The Hall–Kier alpha value is -2.37. The quantitative estimate of drug-likeness (QED) is 0.486. The Labute approximate surface area is 142 Å². The Morgan fingerprint density at radius 2 is 1.96 bits per heavy atom.